The molecule has 5 heteroatoms. The van der Waals surface area contributed by atoms with Gasteiger partial charge in [0.15, 0.2) is 0 Å². The molecule has 0 spiro atoms. The maximum absolute atomic E-state index is 13.0. The smallest absolute Gasteiger partial charge is 0.255 e. The number of carbonyl (C=O) groups is 1. The summed E-state index contributed by atoms with van der Waals surface area (Å²) in [7, 11) is 0. The van der Waals surface area contributed by atoms with Crippen LogP contribution in [0.4, 0.5) is 15.8 Å². The maximum Gasteiger partial charge on any atom is 0.255 e. The van der Waals surface area contributed by atoms with Crippen molar-refractivity contribution in [2.75, 3.05) is 23.3 Å². The highest BCUT2D eigenvalue weighted by atomic mass is 19.1. The molecule has 3 rings (SSSR count). The second-order valence-corrected chi connectivity index (χ2v) is 5.45. The van der Waals surface area contributed by atoms with Gasteiger partial charge in [0.05, 0.1) is 6.07 Å². The fourth-order valence-electron chi connectivity index (χ4n) is 2.86. The summed E-state index contributed by atoms with van der Waals surface area (Å²) in [5.74, 6) is -0.637. The van der Waals surface area contributed by atoms with Crippen molar-refractivity contribution >= 4 is 17.3 Å². The number of rotatable bonds is 3. The molecule has 23 heavy (non-hydrogen) atoms. The summed E-state index contributed by atoms with van der Waals surface area (Å²) in [5, 5.41) is 11.8. The van der Waals surface area contributed by atoms with E-state index in [4.69, 9.17) is 5.26 Å². The zero-order chi connectivity index (χ0) is 16.2. The molecule has 1 amide bonds. The van der Waals surface area contributed by atoms with E-state index in [-0.39, 0.29) is 11.7 Å². The van der Waals surface area contributed by atoms with E-state index in [1.165, 1.54) is 24.3 Å². The van der Waals surface area contributed by atoms with E-state index in [0.29, 0.717) is 12.1 Å². The van der Waals surface area contributed by atoms with E-state index >= 15 is 0 Å². The van der Waals surface area contributed by atoms with Gasteiger partial charge in [-0.3, -0.25) is 4.79 Å². The average molecular weight is 309 g/mol. The first-order valence-electron chi connectivity index (χ1n) is 7.50. The van der Waals surface area contributed by atoms with E-state index in [1.807, 2.05) is 23.1 Å². The van der Waals surface area contributed by atoms with Gasteiger partial charge >= 0.3 is 0 Å². The van der Waals surface area contributed by atoms with Crippen LogP contribution in [0.2, 0.25) is 0 Å². The van der Waals surface area contributed by atoms with Crippen molar-refractivity contribution in [2.45, 2.75) is 12.8 Å². The lowest BCUT2D eigenvalue weighted by Gasteiger charge is -2.30. The zero-order valence-corrected chi connectivity index (χ0v) is 12.6. The van der Waals surface area contributed by atoms with Gasteiger partial charge < -0.3 is 10.2 Å². The number of halogens is 1. The van der Waals surface area contributed by atoms with Crippen LogP contribution in [0.1, 0.15) is 22.3 Å². The third-order valence-corrected chi connectivity index (χ3v) is 3.96. The minimum atomic E-state index is -0.370. The Bertz CT molecular complexity index is 765. The van der Waals surface area contributed by atoms with E-state index in [0.717, 1.165) is 36.3 Å². The molecule has 0 saturated heterocycles. The Morgan fingerprint density at radius 2 is 2.04 bits per heavy atom. The second kappa shape index (κ2) is 6.49. The standard InChI is InChI=1S/C18H16FN3O/c19-14-8-6-13(7-9-14)18(23)21-16-4-1-5-17-15(16)3-2-11-22(17)12-10-20/h1,4-9H,2-3,11-12H2,(H,21,23). The van der Waals surface area contributed by atoms with E-state index in [1.54, 1.807) is 0 Å². The van der Waals surface area contributed by atoms with E-state index in [9.17, 15) is 9.18 Å². The number of fused-ring (bicyclic) bond motifs is 1. The van der Waals surface area contributed by atoms with Crippen LogP contribution in [0.25, 0.3) is 0 Å². The van der Waals surface area contributed by atoms with Crippen molar-refractivity contribution in [3.8, 4) is 6.07 Å². The largest absolute Gasteiger partial charge is 0.358 e. The molecule has 0 unspecified atom stereocenters. The normalized spacial score (nSPS) is 13.1. The summed E-state index contributed by atoms with van der Waals surface area (Å²) in [5.41, 5.74) is 3.20. The minimum Gasteiger partial charge on any atom is -0.358 e. The van der Waals surface area contributed by atoms with Crippen molar-refractivity contribution in [3.05, 3.63) is 59.4 Å². The number of anilines is 2. The molecule has 1 aliphatic rings. The van der Waals surface area contributed by atoms with Crippen molar-refractivity contribution in [1.82, 2.24) is 0 Å². The van der Waals surface area contributed by atoms with Gasteiger partial charge in [0.2, 0.25) is 0 Å². The quantitative estimate of drug-likeness (QED) is 0.885. The van der Waals surface area contributed by atoms with Crippen molar-refractivity contribution in [3.63, 3.8) is 0 Å². The Hall–Kier alpha value is -2.87. The van der Waals surface area contributed by atoms with Gasteiger partial charge in [0, 0.05) is 23.5 Å². The average Bonchev–Trinajstić information content (AvgIpc) is 2.56. The highest BCUT2D eigenvalue weighted by Gasteiger charge is 2.20. The number of nitrogens with zero attached hydrogens (tertiary/aromatic N) is 2. The van der Waals surface area contributed by atoms with Crippen LogP contribution >= 0.6 is 0 Å². The number of benzene rings is 2. The number of carbonyl (C=O) groups excluding carboxylic acids is 1. The van der Waals surface area contributed by atoms with Crippen LogP contribution in [-0.4, -0.2) is 19.0 Å². The Labute approximate surface area is 134 Å². The first kappa shape index (κ1) is 15.0. The molecule has 1 N–H and O–H groups in total. The molecule has 0 fully saturated rings. The van der Waals surface area contributed by atoms with Crippen LogP contribution in [0.15, 0.2) is 42.5 Å². The van der Waals surface area contributed by atoms with Crippen LogP contribution in [0.5, 0.6) is 0 Å². The molecule has 0 radical (unpaired) electrons. The molecule has 0 atom stereocenters. The van der Waals surface area contributed by atoms with E-state index < -0.39 is 0 Å². The van der Waals surface area contributed by atoms with Crippen LogP contribution < -0.4 is 10.2 Å². The molecule has 1 aliphatic heterocycles. The minimum absolute atomic E-state index is 0.268. The van der Waals surface area contributed by atoms with Gasteiger partial charge in [0.1, 0.15) is 12.4 Å². The molecular weight excluding hydrogens is 293 g/mol. The van der Waals surface area contributed by atoms with Gasteiger partial charge in [-0.15, -0.1) is 0 Å². The third-order valence-electron chi connectivity index (χ3n) is 3.96. The van der Waals surface area contributed by atoms with Gasteiger partial charge in [0.25, 0.3) is 5.91 Å². The summed E-state index contributed by atoms with van der Waals surface area (Å²) in [6, 6.07) is 13.3. The Kier molecular flexibility index (Phi) is 4.24. The fraction of sp³-hybridized carbons (Fsp3) is 0.222. The van der Waals surface area contributed by atoms with Crippen molar-refractivity contribution in [2.24, 2.45) is 0 Å². The molecule has 0 aromatic heterocycles. The summed E-state index contributed by atoms with van der Waals surface area (Å²) in [6.45, 7) is 1.18. The molecule has 0 saturated carbocycles. The van der Waals surface area contributed by atoms with Crippen LogP contribution in [0, 0.1) is 17.1 Å². The van der Waals surface area contributed by atoms with Crippen molar-refractivity contribution in [1.29, 1.82) is 5.26 Å². The van der Waals surface area contributed by atoms with Gasteiger partial charge in [-0.1, -0.05) is 6.07 Å². The number of amides is 1. The third kappa shape index (κ3) is 3.16. The number of nitriles is 1. The van der Waals surface area contributed by atoms with Crippen molar-refractivity contribution < 1.29 is 9.18 Å². The molecule has 1 heterocycles. The Morgan fingerprint density at radius 3 is 2.78 bits per heavy atom. The molecule has 2 aromatic rings. The topological polar surface area (TPSA) is 56.1 Å². The zero-order valence-electron chi connectivity index (χ0n) is 12.6. The van der Waals surface area contributed by atoms with E-state index in [2.05, 4.69) is 11.4 Å². The molecule has 0 aliphatic carbocycles. The Morgan fingerprint density at radius 1 is 1.26 bits per heavy atom. The molecule has 0 bridgehead atoms. The van der Waals surface area contributed by atoms with Gasteiger partial charge in [-0.25, -0.2) is 4.39 Å². The lowest BCUT2D eigenvalue weighted by atomic mass is 9.99. The first-order chi connectivity index (χ1) is 11.2. The summed E-state index contributed by atoms with van der Waals surface area (Å²) in [4.78, 5) is 14.3. The van der Waals surface area contributed by atoms with Crippen LogP contribution in [0.3, 0.4) is 0 Å². The lowest BCUT2D eigenvalue weighted by Crippen LogP contribution is -2.30. The highest BCUT2D eigenvalue weighted by Crippen LogP contribution is 2.32. The maximum atomic E-state index is 13.0. The highest BCUT2D eigenvalue weighted by molar-refractivity contribution is 6.05. The number of nitrogens with one attached hydrogen (secondary N) is 1. The lowest BCUT2D eigenvalue weighted by molar-refractivity contribution is 0.102. The summed E-state index contributed by atoms with van der Waals surface area (Å²) >= 11 is 0. The molecular formula is C18H16FN3O. The molecule has 2 aromatic carbocycles. The Balaban J connectivity index is 1.86. The van der Waals surface area contributed by atoms with Gasteiger partial charge in [-0.05, 0) is 54.8 Å². The molecule has 4 nitrogen and oxygen atoms in total. The summed E-state index contributed by atoms with van der Waals surface area (Å²) in [6.07, 6.45) is 1.80. The summed E-state index contributed by atoms with van der Waals surface area (Å²) < 4.78 is 13.0. The monoisotopic (exact) mass is 309 g/mol. The second-order valence-electron chi connectivity index (χ2n) is 5.45. The van der Waals surface area contributed by atoms with Gasteiger partial charge in [-0.2, -0.15) is 5.26 Å². The fourth-order valence-corrected chi connectivity index (χ4v) is 2.86. The van der Waals surface area contributed by atoms with Crippen LogP contribution in [-0.2, 0) is 6.42 Å². The predicted octanol–water partition coefficient (Wildman–Crippen LogP) is 3.35. The number of hydrogen-bond acceptors (Lipinski definition) is 3. The number of hydrogen-bond donors (Lipinski definition) is 1. The molecule has 116 valence electrons. The SMILES string of the molecule is N#CCN1CCCc2c(NC(=O)c3ccc(F)cc3)cccc21. The first-order valence-corrected chi connectivity index (χ1v) is 7.50. The predicted molar refractivity (Wildman–Crippen MR) is 86.9 cm³/mol.